The lowest BCUT2D eigenvalue weighted by Gasteiger charge is -2.25. The first-order valence-electron chi connectivity index (χ1n) is 6.48. The zero-order chi connectivity index (χ0) is 13.2. The van der Waals surface area contributed by atoms with Gasteiger partial charge in [-0.3, -0.25) is 4.98 Å². The molecule has 18 heavy (non-hydrogen) atoms. The van der Waals surface area contributed by atoms with Gasteiger partial charge in [0.05, 0.1) is 11.6 Å². The molecular weight excluding hydrogens is 222 g/mol. The van der Waals surface area contributed by atoms with Gasteiger partial charge in [-0.2, -0.15) is 0 Å². The number of aromatic nitrogens is 1. The van der Waals surface area contributed by atoms with Crippen LogP contribution in [0.3, 0.4) is 0 Å². The van der Waals surface area contributed by atoms with Crippen LogP contribution >= 0.6 is 0 Å². The van der Waals surface area contributed by atoms with Crippen LogP contribution in [-0.2, 0) is 6.42 Å². The molecule has 2 heteroatoms. The van der Waals surface area contributed by atoms with Gasteiger partial charge in [0.2, 0.25) is 0 Å². The Hall–Kier alpha value is -1.41. The summed E-state index contributed by atoms with van der Waals surface area (Å²) in [6, 6.07) is 10.3. The van der Waals surface area contributed by atoms with E-state index < -0.39 is 0 Å². The van der Waals surface area contributed by atoms with Crippen LogP contribution in [0.25, 0.3) is 10.9 Å². The van der Waals surface area contributed by atoms with Gasteiger partial charge in [0.25, 0.3) is 0 Å². The van der Waals surface area contributed by atoms with E-state index in [-0.39, 0.29) is 11.5 Å². The second kappa shape index (κ2) is 5.07. The van der Waals surface area contributed by atoms with Gasteiger partial charge >= 0.3 is 0 Å². The van der Waals surface area contributed by atoms with E-state index in [9.17, 15) is 5.11 Å². The predicted octanol–water partition coefficient (Wildman–Crippen LogP) is 3.57. The third-order valence-electron chi connectivity index (χ3n) is 3.35. The van der Waals surface area contributed by atoms with Gasteiger partial charge in [0.1, 0.15) is 0 Å². The number of aliphatic hydroxyl groups excluding tert-OH is 1. The fourth-order valence-electron chi connectivity index (χ4n) is 1.99. The molecular formula is C16H21NO. The standard InChI is InChI=1S/C16H21NO/c1-16(2,3)15(18)9-8-12-10-13-6-4-5-7-14(13)17-11-12/h4-7,10-11,15,18H,8-9H2,1-3H3. The summed E-state index contributed by atoms with van der Waals surface area (Å²) in [5, 5.41) is 11.2. The molecule has 1 atom stereocenters. The molecule has 1 aromatic carbocycles. The Balaban J connectivity index is 2.08. The Labute approximate surface area is 109 Å². The Morgan fingerprint density at radius 2 is 1.94 bits per heavy atom. The summed E-state index contributed by atoms with van der Waals surface area (Å²) in [5.41, 5.74) is 2.17. The molecule has 1 aromatic heterocycles. The molecule has 0 saturated carbocycles. The number of rotatable bonds is 3. The molecule has 0 radical (unpaired) electrons. The van der Waals surface area contributed by atoms with Crippen molar-refractivity contribution in [3.8, 4) is 0 Å². The molecule has 2 aromatic rings. The molecule has 0 fully saturated rings. The van der Waals surface area contributed by atoms with Crippen LogP contribution in [0.5, 0.6) is 0 Å². The molecule has 0 spiro atoms. The lowest BCUT2D eigenvalue weighted by molar-refractivity contribution is 0.0560. The van der Waals surface area contributed by atoms with Gasteiger partial charge in [0.15, 0.2) is 0 Å². The van der Waals surface area contributed by atoms with Crippen LogP contribution in [0, 0.1) is 5.41 Å². The molecule has 0 aliphatic carbocycles. The number of aryl methyl sites for hydroxylation is 1. The third-order valence-corrected chi connectivity index (χ3v) is 3.35. The van der Waals surface area contributed by atoms with E-state index in [2.05, 4.69) is 37.9 Å². The Morgan fingerprint density at radius 3 is 2.67 bits per heavy atom. The first-order chi connectivity index (χ1) is 8.47. The molecule has 2 nitrogen and oxygen atoms in total. The molecule has 2 rings (SSSR count). The lowest BCUT2D eigenvalue weighted by atomic mass is 9.86. The number of nitrogens with zero attached hydrogens (tertiary/aromatic N) is 1. The van der Waals surface area contributed by atoms with Crippen LogP contribution < -0.4 is 0 Å². The first-order valence-corrected chi connectivity index (χ1v) is 6.48. The normalized spacial score (nSPS) is 13.8. The highest BCUT2D eigenvalue weighted by Gasteiger charge is 2.21. The molecule has 1 N–H and O–H groups in total. The first kappa shape index (κ1) is 13.0. The summed E-state index contributed by atoms with van der Waals surface area (Å²) >= 11 is 0. The third kappa shape index (κ3) is 3.08. The summed E-state index contributed by atoms with van der Waals surface area (Å²) < 4.78 is 0. The maximum absolute atomic E-state index is 10.0. The summed E-state index contributed by atoms with van der Waals surface area (Å²) in [7, 11) is 0. The fourth-order valence-corrected chi connectivity index (χ4v) is 1.99. The van der Waals surface area contributed by atoms with Crippen molar-refractivity contribution in [2.24, 2.45) is 5.41 Å². The van der Waals surface area contributed by atoms with Gasteiger partial charge in [-0.05, 0) is 36.0 Å². The topological polar surface area (TPSA) is 33.1 Å². The Bertz CT molecular complexity index is 528. The highest BCUT2D eigenvalue weighted by molar-refractivity contribution is 5.78. The Morgan fingerprint density at radius 1 is 1.22 bits per heavy atom. The van der Waals surface area contributed by atoms with Crippen LogP contribution in [-0.4, -0.2) is 16.2 Å². The predicted molar refractivity (Wildman–Crippen MR) is 75.5 cm³/mol. The van der Waals surface area contributed by atoms with Crippen LogP contribution in [0.15, 0.2) is 36.5 Å². The van der Waals surface area contributed by atoms with Crippen molar-refractivity contribution in [3.63, 3.8) is 0 Å². The number of pyridine rings is 1. The minimum atomic E-state index is -0.274. The molecule has 0 bridgehead atoms. The number of fused-ring (bicyclic) bond motifs is 1. The van der Waals surface area contributed by atoms with E-state index in [1.54, 1.807) is 0 Å². The molecule has 1 heterocycles. The van der Waals surface area contributed by atoms with Crippen LogP contribution in [0.4, 0.5) is 0 Å². The van der Waals surface area contributed by atoms with Crippen LogP contribution in [0.2, 0.25) is 0 Å². The van der Waals surface area contributed by atoms with E-state index in [0.717, 1.165) is 18.4 Å². The number of benzene rings is 1. The zero-order valence-electron chi connectivity index (χ0n) is 11.4. The molecule has 96 valence electrons. The Kier molecular flexibility index (Phi) is 3.67. The summed E-state index contributed by atoms with van der Waals surface area (Å²) in [6.07, 6.45) is 3.29. The van der Waals surface area contributed by atoms with Gasteiger partial charge in [-0.25, -0.2) is 0 Å². The number of hydrogen-bond acceptors (Lipinski definition) is 2. The maximum atomic E-state index is 10.0. The molecule has 0 aliphatic heterocycles. The number of aliphatic hydroxyl groups is 1. The molecule has 1 unspecified atom stereocenters. The summed E-state index contributed by atoms with van der Waals surface area (Å²) in [4.78, 5) is 4.44. The molecule has 0 aliphatic rings. The van der Waals surface area contributed by atoms with Gasteiger partial charge in [-0.1, -0.05) is 39.0 Å². The highest BCUT2D eigenvalue weighted by atomic mass is 16.3. The van der Waals surface area contributed by atoms with Crippen molar-refractivity contribution < 1.29 is 5.11 Å². The van der Waals surface area contributed by atoms with Crippen LogP contribution in [0.1, 0.15) is 32.8 Å². The van der Waals surface area contributed by atoms with Gasteiger partial charge < -0.3 is 5.11 Å². The van der Waals surface area contributed by atoms with Crippen molar-refractivity contribution in [2.75, 3.05) is 0 Å². The minimum Gasteiger partial charge on any atom is -0.393 e. The monoisotopic (exact) mass is 243 g/mol. The maximum Gasteiger partial charge on any atom is 0.0702 e. The largest absolute Gasteiger partial charge is 0.393 e. The average molecular weight is 243 g/mol. The summed E-state index contributed by atoms with van der Waals surface area (Å²) in [6.45, 7) is 6.20. The highest BCUT2D eigenvalue weighted by Crippen LogP contribution is 2.23. The van der Waals surface area contributed by atoms with Crippen molar-refractivity contribution in [3.05, 3.63) is 42.1 Å². The van der Waals surface area contributed by atoms with Crippen molar-refractivity contribution in [1.82, 2.24) is 4.98 Å². The smallest absolute Gasteiger partial charge is 0.0702 e. The van der Waals surface area contributed by atoms with E-state index in [0.29, 0.717) is 0 Å². The minimum absolute atomic E-state index is 0.0513. The molecule has 0 amide bonds. The number of para-hydroxylation sites is 1. The second-order valence-electron chi connectivity index (χ2n) is 5.96. The van der Waals surface area contributed by atoms with E-state index >= 15 is 0 Å². The van der Waals surface area contributed by atoms with Crippen molar-refractivity contribution in [2.45, 2.75) is 39.7 Å². The zero-order valence-corrected chi connectivity index (χ0v) is 11.4. The van der Waals surface area contributed by atoms with E-state index in [1.807, 2.05) is 24.4 Å². The quantitative estimate of drug-likeness (QED) is 0.894. The second-order valence-corrected chi connectivity index (χ2v) is 5.96. The summed E-state index contributed by atoms with van der Waals surface area (Å²) in [5.74, 6) is 0. The SMILES string of the molecule is CC(C)(C)C(O)CCc1cnc2ccccc2c1. The van der Waals surface area contributed by atoms with Gasteiger partial charge in [0, 0.05) is 11.6 Å². The fraction of sp³-hybridized carbons (Fsp3) is 0.438. The lowest BCUT2D eigenvalue weighted by Crippen LogP contribution is -2.26. The van der Waals surface area contributed by atoms with Crippen molar-refractivity contribution >= 4 is 10.9 Å². The number of hydrogen-bond donors (Lipinski definition) is 1. The van der Waals surface area contributed by atoms with E-state index in [4.69, 9.17) is 0 Å². The average Bonchev–Trinajstić information content (AvgIpc) is 2.34. The van der Waals surface area contributed by atoms with Gasteiger partial charge in [-0.15, -0.1) is 0 Å². The molecule has 0 saturated heterocycles. The van der Waals surface area contributed by atoms with Crippen molar-refractivity contribution in [1.29, 1.82) is 0 Å². The van der Waals surface area contributed by atoms with E-state index in [1.165, 1.54) is 10.9 Å².